The standard InChI is InChI=1S/C38H24O7/c39-25-17-13-21-11-15-23(19-7-3-1-4-8-19)29-27(21)31(25)33-34-32-26(40)18-14-22-12-16-24(20-9-5-2-6-10-20)30(28(22)32)36(42)38(34,44)45-37(33,43)35(29)41/h1-18,33-34,39-40,43-44H/t33-,34?,37-,38+/m1/s1. The zero-order chi connectivity index (χ0) is 30.8. The number of carbonyl (C=O) groups is 2. The molecule has 1 fully saturated rings. The largest absolute Gasteiger partial charge is 0.508 e. The summed E-state index contributed by atoms with van der Waals surface area (Å²) in [6, 6.07) is 31.8. The first-order valence-electron chi connectivity index (χ1n) is 14.7. The van der Waals surface area contributed by atoms with Gasteiger partial charge in [0.15, 0.2) is 0 Å². The Hall–Kier alpha value is -5.34. The van der Waals surface area contributed by atoms with Crippen LogP contribution in [0.3, 0.4) is 0 Å². The summed E-state index contributed by atoms with van der Waals surface area (Å²) in [6.07, 6.45) is 0. The lowest BCUT2D eigenvalue weighted by Crippen LogP contribution is -2.49. The minimum atomic E-state index is -2.76. The third kappa shape index (κ3) is 3.14. The van der Waals surface area contributed by atoms with E-state index in [0.717, 1.165) is 0 Å². The van der Waals surface area contributed by atoms with Gasteiger partial charge in [0.05, 0.1) is 11.8 Å². The van der Waals surface area contributed by atoms with E-state index in [9.17, 15) is 30.0 Å². The topological polar surface area (TPSA) is 124 Å². The van der Waals surface area contributed by atoms with Crippen molar-refractivity contribution in [2.45, 2.75) is 23.4 Å². The number of aromatic hydroxyl groups is 2. The normalized spacial score (nSPS) is 24.6. The van der Waals surface area contributed by atoms with Crippen LogP contribution in [0.1, 0.15) is 43.7 Å². The van der Waals surface area contributed by atoms with E-state index in [-0.39, 0.29) is 33.8 Å². The Morgan fingerprint density at radius 3 is 1.29 bits per heavy atom. The summed E-state index contributed by atoms with van der Waals surface area (Å²) in [6.45, 7) is 0. The van der Waals surface area contributed by atoms with Gasteiger partial charge in [-0.3, -0.25) is 9.59 Å². The Morgan fingerprint density at radius 1 is 0.511 bits per heavy atom. The molecule has 0 aromatic heterocycles. The molecule has 4 atom stereocenters. The van der Waals surface area contributed by atoms with Crippen LogP contribution in [-0.4, -0.2) is 43.6 Å². The minimum absolute atomic E-state index is 0.114. The molecule has 6 aromatic rings. The zero-order valence-electron chi connectivity index (χ0n) is 23.6. The highest BCUT2D eigenvalue weighted by Gasteiger charge is 2.73. The highest BCUT2D eigenvalue weighted by Crippen LogP contribution is 2.66. The Kier molecular flexibility index (Phi) is 5.01. The van der Waals surface area contributed by atoms with Crippen LogP contribution in [0.2, 0.25) is 0 Å². The molecule has 1 unspecified atom stereocenters. The van der Waals surface area contributed by atoms with Crippen molar-refractivity contribution < 1.29 is 34.8 Å². The summed E-state index contributed by atoms with van der Waals surface area (Å²) in [5.74, 6) is -10.6. The van der Waals surface area contributed by atoms with E-state index < -0.39 is 35.0 Å². The minimum Gasteiger partial charge on any atom is -0.508 e. The maximum absolute atomic E-state index is 14.7. The summed E-state index contributed by atoms with van der Waals surface area (Å²) in [5, 5.41) is 49.8. The molecule has 45 heavy (non-hydrogen) atoms. The summed E-state index contributed by atoms with van der Waals surface area (Å²) >= 11 is 0. The molecule has 1 heterocycles. The number of Topliss-reactive ketones (excluding diaryl/α,β-unsaturated/α-hetero) is 2. The quantitative estimate of drug-likeness (QED) is 0.183. The average Bonchev–Trinajstić information content (AvgIpc) is 3.32. The van der Waals surface area contributed by atoms with Gasteiger partial charge < -0.3 is 25.2 Å². The second kappa shape index (κ2) is 8.64. The average molecular weight is 593 g/mol. The number of hydrogen-bond donors (Lipinski definition) is 4. The van der Waals surface area contributed by atoms with Crippen molar-refractivity contribution in [3.63, 3.8) is 0 Å². The number of aliphatic hydroxyl groups is 2. The molecule has 0 radical (unpaired) electrons. The van der Waals surface area contributed by atoms with Crippen molar-refractivity contribution in [3.8, 4) is 33.8 Å². The molecule has 1 saturated heterocycles. The number of benzene rings is 6. The van der Waals surface area contributed by atoms with Crippen molar-refractivity contribution in [2.24, 2.45) is 0 Å². The molecule has 0 saturated carbocycles. The molecule has 0 amide bonds. The first-order valence-corrected chi connectivity index (χ1v) is 14.7. The molecular weight excluding hydrogens is 568 g/mol. The van der Waals surface area contributed by atoms with E-state index in [1.807, 2.05) is 72.8 Å². The van der Waals surface area contributed by atoms with E-state index in [2.05, 4.69) is 0 Å². The lowest BCUT2D eigenvalue weighted by Gasteiger charge is -2.37. The predicted octanol–water partition coefficient (Wildman–Crippen LogP) is 6.41. The van der Waals surface area contributed by atoms with E-state index >= 15 is 0 Å². The highest BCUT2D eigenvalue weighted by atomic mass is 16.7. The molecule has 6 aromatic carbocycles. The molecule has 0 bridgehead atoms. The fourth-order valence-electron chi connectivity index (χ4n) is 7.96. The third-order valence-corrected chi connectivity index (χ3v) is 9.79. The Balaban J connectivity index is 1.40. The molecule has 2 aliphatic carbocycles. The van der Waals surface area contributed by atoms with Gasteiger partial charge in [0, 0.05) is 33.0 Å². The van der Waals surface area contributed by atoms with Gasteiger partial charge >= 0.3 is 0 Å². The number of phenolic OH excluding ortho intramolecular Hbond substituents is 2. The number of phenols is 2. The maximum Gasteiger partial charge on any atom is 0.242 e. The van der Waals surface area contributed by atoms with Crippen LogP contribution < -0.4 is 0 Å². The van der Waals surface area contributed by atoms with Gasteiger partial charge in [0.1, 0.15) is 11.5 Å². The number of ketones is 2. The van der Waals surface area contributed by atoms with Gasteiger partial charge in [-0.2, -0.15) is 0 Å². The van der Waals surface area contributed by atoms with Crippen molar-refractivity contribution in [1.82, 2.24) is 0 Å². The molecule has 3 aliphatic rings. The summed E-state index contributed by atoms with van der Waals surface area (Å²) in [7, 11) is 0. The molecule has 218 valence electrons. The van der Waals surface area contributed by atoms with Crippen molar-refractivity contribution in [2.75, 3.05) is 0 Å². The van der Waals surface area contributed by atoms with Crippen LogP contribution in [-0.2, 0) is 4.74 Å². The monoisotopic (exact) mass is 592 g/mol. The Morgan fingerprint density at radius 2 is 0.889 bits per heavy atom. The number of hydrogen-bond acceptors (Lipinski definition) is 7. The van der Waals surface area contributed by atoms with Crippen molar-refractivity contribution in [3.05, 3.63) is 131 Å². The van der Waals surface area contributed by atoms with Crippen molar-refractivity contribution in [1.29, 1.82) is 0 Å². The fraction of sp³-hybridized carbons (Fsp3) is 0.105. The van der Waals surface area contributed by atoms with E-state index in [0.29, 0.717) is 43.8 Å². The van der Waals surface area contributed by atoms with Crippen LogP contribution in [0.4, 0.5) is 0 Å². The summed E-state index contributed by atoms with van der Waals surface area (Å²) < 4.78 is 6.03. The van der Waals surface area contributed by atoms with Crippen LogP contribution >= 0.6 is 0 Å². The van der Waals surface area contributed by atoms with Gasteiger partial charge in [-0.25, -0.2) is 0 Å². The molecule has 7 heteroatoms. The van der Waals surface area contributed by atoms with Gasteiger partial charge in [-0.05, 0) is 45.2 Å². The smallest absolute Gasteiger partial charge is 0.242 e. The SMILES string of the molecule is O=C1c2c(-c3ccccc3)ccc3ccc(O)c(c23)[C@@H]2C3c4c(O)ccc5ccc(-c6ccccc6)c(c45)C(=O)[C@@]3(O)O[C@@]12O. The highest BCUT2D eigenvalue weighted by molar-refractivity contribution is 6.23. The Labute approximate surface area is 256 Å². The second-order valence-corrected chi connectivity index (χ2v) is 12.0. The number of rotatable bonds is 2. The lowest BCUT2D eigenvalue weighted by atomic mass is 9.63. The molecule has 1 aliphatic heterocycles. The first-order chi connectivity index (χ1) is 21.7. The lowest BCUT2D eigenvalue weighted by molar-refractivity contribution is -0.246. The van der Waals surface area contributed by atoms with Crippen LogP contribution in [0.5, 0.6) is 11.5 Å². The zero-order valence-corrected chi connectivity index (χ0v) is 23.6. The summed E-state index contributed by atoms with van der Waals surface area (Å²) in [4.78, 5) is 29.3. The van der Waals surface area contributed by atoms with Crippen molar-refractivity contribution >= 4 is 33.1 Å². The predicted molar refractivity (Wildman–Crippen MR) is 167 cm³/mol. The molecule has 4 N–H and O–H groups in total. The number of fused-ring (bicyclic) bond motifs is 5. The Bertz CT molecular complexity index is 2130. The molecule has 7 nitrogen and oxygen atoms in total. The summed E-state index contributed by atoms with van der Waals surface area (Å²) in [5.41, 5.74) is 2.96. The van der Waals surface area contributed by atoms with Crippen LogP contribution in [0.25, 0.3) is 43.8 Å². The number of ether oxygens (including phenoxy) is 1. The molecule has 9 rings (SSSR count). The third-order valence-electron chi connectivity index (χ3n) is 9.79. The van der Waals surface area contributed by atoms with Crippen LogP contribution in [0, 0.1) is 0 Å². The van der Waals surface area contributed by atoms with Crippen LogP contribution in [0.15, 0.2) is 109 Å². The van der Waals surface area contributed by atoms with E-state index in [4.69, 9.17) is 4.74 Å². The number of carbonyl (C=O) groups excluding carboxylic acids is 2. The first kappa shape index (κ1) is 26.1. The fourth-order valence-corrected chi connectivity index (χ4v) is 7.96. The van der Waals surface area contributed by atoms with Gasteiger partial charge in [-0.1, -0.05) is 97.1 Å². The second-order valence-electron chi connectivity index (χ2n) is 12.0. The maximum atomic E-state index is 14.7. The molecule has 0 spiro atoms. The van der Waals surface area contributed by atoms with E-state index in [1.165, 1.54) is 12.1 Å². The van der Waals surface area contributed by atoms with Gasteiger partial charge in [-0.15, -0.1) is 0 Å². The van der Waals surface area contributed by atoms with Gasteiger partial charge in [0.25, 0.3) is 0 Å². The molecular formula is C38H24O7. The van der Waals surface area contributed by atoms with E-state index in [1.54, 1.807) is 24.3 Å². The van der Waals surface area contributed by atoms with Gasteiger partial charge in [0.2, 0.25) is 23.1 Å².